The van der Waals surface area contributed by atoms with E-state index in [1.807, 2.05) is 6.92 Å². The van der Waals surface area contributed by atoms with Gasteiger partial charge in [-0.15, -0.1) is 0 Å². The lowest BCUT2D eigenvalue weighted by Crippen LogP contribution is -2.30. The minimum atomic E-state index is -0.528. The van der Waals surface area contributed by atoms with Crippen LogP contribution in [0.15, 0.2) is 36.5 Å². The van der Waals surface area contributed by atoms with E-state index in [-0.39, 0.29) is 22.7 Å². The van der Waals surface area contributed by atoms with Gasteiger partial charge in [-0.1, -0.05) is 6.07 Å². The van der Waals surface area contributed by atoms with Crippen LogP contribution in [0.25, 0.3) is 0 Å². The molecular weight excluding hydrogens is 284 g/mol. The summed E-state index contributed by atoms with van der Waals surface area (Å²) in [6.07, 6.45) is 1.46. The largest absolute Gasteiger partial charge is 0.424 e. The minimum Gasteiger partial charge on any atom is -0.424 e. The van der Waals surface area contributed by atoms with Gasteiger partial charge in [-0.3, -0.25) is 19.4 Å². The quantitative estimate of drug-likeness (QED) is 0.482. The molecule has 0 N–H and O–H groups in total. The molecule has 110 valence electrons. The molecule has 2 heterocycles. The van der Waals surface area contributed by atoms with Gasteiger partial charge in [0, 0.05) is 13.1 Å². The molecule has 1 aliphatic heterocycles. The topological polar surface area (TPSA) is 76.6 Å². The first-order chi connectivity index (χ1) is 10.5. The van der Waals surface area contributed by atoms with Crippen molar-refractivity contribution in [1.82, 2.24) is 4.98 Å². The number of carbonyl (C=O) groups is 3. The van der Waals surface area contributed by atoms with Gasteiger partial charge in [0.2, 0.25) is 0 Å². The number of aryl methyl sites for hydroxylation is 1. The normalized spacial score (nSPS) is 13.3. The van der Waals surface area contributed by atoms with Crippen LogP contribution in [0.4, 0.5) is 5.69 Å². The molecule has 22 heavy (non-hydrogen) atoms. The van der Waals surface area contributed by atoms with Gasteiger partial charge in [-0.25, -0.2) is 4.90 Å². The first-order valence-electron chi connectivity index (χ1n) is 6.62. The molecule has 0 unspecified atom stereocenters. The summed E-state index contributed by atoms with van der Waals surface area (Å²) in [5, 5.41) is 0. The Bertz CT molecular complexity index is 779. The van der Waals surface area contributed by atoms with Crippen LogP contribution in [-0.4, -0.2) is 22.8 Å². The number of imide groups is 1. The first kappa shape index (κ1) is 13.9. The Morgan fingerprint density at radius 3 is 2.64 bits per heavy atom. The van der Waals surface area contributed by atoms with Crippen LogP contribution < -0.4 is 9.64 Å². The number of esters is 1. The van der Waals surface area contributed by atoms with E-state index in [9.17, 15) is 14.4 Å². The molecule has 0 spiro atoms. The molecule has 0 saturated heterocycles. The Hall–Kier alpha value is -3.02. The molecule has 2 aromatic rings. The lowest BCUT2D eigenvalue weighted by Gasteiger charge is -2.17. The summed E-state index contributed by atoms with van der Waals surface area (Å²) >= 11 is 0. The van der Waals surface area contributed by atoms with Gasteiger partial charge >= 0.3 is 5.97 Å². The number of benzene rings is 1. The van der Waals surface area contributed by atoms with Gasteiger partial charge in [0.25, 0.3) is 11.8 Å². The van der Waals surface area contributed by atoms with Crippen molar-refractivity contribution in [2.45, 2.75) is 13.8 Å². The Kier molecular flexibility index (Phi) is 3.21. The minimum absolute atomic E-state index is 0.0998. The van der Waals surface area contributed by atoms with Crippen molar-refractivity contribution in [2.75, 3.05) is 4.90 Å². The summed E-state index contributed by atoms with van der Waals surface area (Å²) in [6.45, 7) is 3.07. The van der Waals surface area contributed by atoms with Gasteiger partial charge in [0.15, 0.2) is 5.75 Å². The van der Waals surface area contributed by atoms with Gasteiger partial charge in [0.1, 0.15) is 5.69 Å². The molecule has 1 aliphatic rings. The highest BCUT2D eigenvalue weighted by atomic mass is 16.5. The summed E-state index contributed by atoms with van der Waals surface area (Å²) in [4.78, 5) is 41.1. The molecule has 0 aliphatic carbocycles. The van der Waals surface area contributed by atoms with Crippen LogP contribution in [0.1, 0.15) is 33.3 Å². The fourth-order valence-corrected chi connectivity index (χ4v) is 2.33. The second-order valence-corrected chi connectivity index (χ2v) is 4.91. The van der Waals surface area contributed by atoms with E-state index in [2.05, 4.69) is 4.98 Å². The summed E-state index contributed by atoms with van der Waals surface area (Å²) in [6, 6.07) is 8.06. The predicted molar refractivity (Wildman–Crippen MR) is 77.9 cm³/mol. The van der Waals surface area contributed by atoms with E-state index in [4.69, 9.17) is 4.74 Å². The van der Waals surface area contributed by atoms with E-state index in [1.165, 1.54) is 13.1 Å². The molecule has 0 bridgehead atoms. The maximum atomic E-state index is 12.5. The molecule has 1 aromatic carbocycles. The highest BCUT2D eigenvalue weighted by Gasteiger charge is 2.39. The highest BCUT2D eigenvalue weighted by Crippen LogP contribution is 2.35. The number of carbonyl (C=O) groups excluding carboxylic acids is 3. The molecule has 2 amide bonds. The van der Waals surface area contributed by atoms with E-state index in [0.29, 0.717) is 0 Å². The van der Waals surface area contributed by atoms with Crippen molar-refractivity contribution in [2.24, 2.45) is 0 Å². The van der Waals surface area contributed by atoms with Crippen molar-refractivity contribution in [3.05, 3.63) is 53.3 Å². The number of aromatic nitrogens is 1. The Morgan fingerprint density at radius 2 is 1.95 bits per heavy atom. The maximum Gasteiger partial charge on any atom is 0.308 e. The average Bonchev–Trinajstić information content (AvgIpc) is 2.73. The van der Waals surface area contributed by atoms with Crippen LogP contribution in [-0.2, 0) is 4.79 Å². The molecule has 1 aromatic heterocycles. The Morgan fingerprint density at radius 1 is 1.18 bits per heavy atom. The fourth-order valence-electron chi connectivity index (χ4n) is 2.33. The van der Waals surface area contributed by atoms with Crippen LogP contribution in [0.5, 0.6) is 5.75 Å². The summed E-state index contributed by atoms with van der Waals surface area (Å²) in [5.41, 5.74) is 1.41. The fraction of sp³-hybridized carbons (Fsp3) is 0.125. The van der Waals surface area contributed by atoms with Crippen LogP contribution in [0.3, 0.4) is 0 Å². The third kappa shape index (κ3) is 2.14. The number of rotatable bonds is 2. The average molecular weight is 296 g/mol. The molecule has 0 saturated carbocycles. The zero-order chi connectivity index (χ0) is 15.9. The number of hydrogen-bond acceptors (Lipinski definition) is 5. The standard InChI is InChI=1S/C16H12N2O4/c1-9-5-6-13(22-10(2)19)12(8-9)18-15(20)11-4-3-7-17-14(11)16(18)21/h3-8H,1-2H3. The molecule has 6 nitrogen and oxygen atoms in total. The number of ether oxygens (including phenoxy) is 1. The molecule has 3 rings (SSSR count). The van der Waals surface area contributed by atoms with Crippen LogP contribution >= 0.6 is 0 Å². The van der Waals surface area contributed by atoms with Crippen molar-refractivity contribution in [1.29, 1.82) is 0 Å². The van der Waals surface area contributed by atoms with E-state index < -0.39 is 17.8 Å². The second kappa shape index (κ2) is 5.07. The summed E-state index contributed by atoms with van der Waals surface area (Å²) in [5.74, 6) is -1.38. The van der Waals surface area contributed by atoms with E-state index in [0.717, 1.165) is 10.5 Å². The zero-order valence-corrected chi connectivity index (χ0v) is 12.0. The number of nitrogens with zero attached hydrogens (tertiary/aromatic N) is 2. The molecule has 0 fully saturated rings. The molecular formula is C16H12N2O4. The molecule has 0 radical (unpaired) electrons. The van der Waals surface area contributed by atoms with Crippen LogP contribution in [0.2, 0.25) is 0 Å². The van der Waals surface area contributed by atoms with Gasteiger partial charge in [0.05, 0.1) is 11.3 Å². The zero-order valence-electron chi connectivity index (χ0n) is 12.0. The van der Waals surface area contributed by atoms with E-state index in [1.54, 1.807) is 30.3 Å². The lowest BCUT2D eigenvalue weighted by molar-refractivity contribution is -0.131. The van der Waals surface area contributed by atoms with Crippen molar-refractivity contribution < 1.29 is 19.1 Å². The monoisotopic (exact) mass is 296 g/mol. The Balaban J connectivity index is 2.13. The second-order valence-electron chi connectivity index (χ2n) is 4.91. The van der Waals surface area contributed by atoms with Gasteiger partial charge in [-0.05, 0) is 36.8 Å². The van der Waals surface area contributed by atoms with Crippen molar-refractivity contribution in [3.8, 4) is 5.75 Å². The van der Waals surface area contributed by atoms with Crippen molar-refractivity contribution >= 4 is 23.5 Å². The summed E-state index contributed by atoms with van der Waals surface area (Å²) in [7, 11) is 0. The van der Waals surface area contributed by atoms with Gasteiger partial charge < -0.3 is 4.74 Å². The SMILES string of the molecule is CC(=O)Oc1ccc(C)cc1N1C(=O)c2cccnc2C1=O. The van der Waals surface area contributed by atoms with Crippen LogP contribution in [0, 0.1) is 6.92 Å². The molecule has 6 heteroatoms. The first-order valence-corrected chi connectivity index (χ1v) is 6.62. The third-order valence-corrected chi connectivity index (χ3v) is 3.26. The Labute approximate surface area is 126 Å². The number of amides is 2. The summed E-state index contributed by atoms with van der Waals surface area (Å²) < 4.78 is 5.10. The van der Waals surface area contributed by atoms with Crippen molar-refractivity contribution in [3.63, 3.8) is 0 Å². The smallest absolute Gasteiger partial charge is 0.308 e. The highest BCUT2D eigenvalue weighted by molar-refractivity contribution is 6.34. The van der Waals surface area contributed by atoms with Gasteiger partial charge in [-0.2, -0.15) is 0 Å². The maximum absolute atomic E-state index is 12.5. The number of pyridine rings is 1. The number of hydrogen-bond donors (Lipinski definition) is 0. The number of anilines is 1. The lowest BCUT2D eigenvalue weighted by atomic mass is 10.2. The predicted octanol–water partition coefficient (Wildman–Crippen LogP) is 2.12. The number of fused-ring (bicyclic) bond motifs is 1. The van der Waals surface area contributed by atoms with E-state index >= 15 is 0 Å². The molecule has 0 atom stereocenters. The third-order valence-electron chi connectivity index (χ3n) is 3.26.